The summed E-state index contributed by atoms with van der Waals surface area (Å²) >= 11 is 0. The Morgan fingerprint density at radius 3 is 2.73 bits per heavy atom. The number of ether oxygens (including phenoxy) is 2. The first-order chi connectivity index (χ1) is 12.7. The van der Waals surface area contributed by atoms with Crippen LogP contribution in [0.4, 0.5) is 14.6 Å². The van der Waals surface area contributed by atoms with Gasteiger partial charge in [-0.3, -0.25) is 4.98 Å². The van der Waals surface area contributed by atoms with Crippen LogP contribution in [0, 0.1) is 11.6 Å². The van der Waals surface area contributed by atoms with Crippen molar-refractivity contribution in [2.45, 2.75) is 12.3 Å². The van der Waals surface area contributed by atoms with E-state index in [1.165, 1.54) is 6.07 Å². The molecule has 1 aliphatic rings. The second kappa shape index (κ2) is 6.94. The quantitative estimate of drug-likeness (QED) is 0.720. The summed E-state index contributed by atoms with van der Waals surface area (Å²) in [5.74, 6) is -2.12. The highest BCUT2D eigenvalue weighted by Crippen LogP contribution is 2.35. The highest BCUT2D eigenvalue weighted by Gasteiger charge is 2.28. The molecular formula is C17H15F2N3O4. The van der Waals surface area contributed by atoms with Crippen LogP contribution in [0.2, 0.25) is 0 Å². The van der Waals surface area contributed by atoms with Crippen molar-refractivity contribution in [2.24, 2.45) is 0 Å². The standard InChI is InChI=1S/C17H15F2N3O4/c18-13-9(17-24-5-6-25-17)7-10-15(14(13)19)26-22-16(10)21-12(8-23)11-3-1-2-4-20-11/h1-4,7,12,17,23H,5-6,8H2,(H,21,22). The molecule has 0 saturated carbocycles. The van der Waals surface area contributed by atoms with Gasteiger partial charge in [0, 0.05) is 11.8 Å². The zero-order valence-corrected chi connectivity index (χ0v) is 13.5. The number of hydrogen-bond acceptors (Lipinski definition) is 7. The van der Waals surface area contributed by atoms with E-state index in [9.17, 15) is 13.9 Å². The van der Waals surface area contributed by atoms with Crippen molar-refractivity contribution in [1.82, 2.24) is 10.1 Å². The van der Waals surface area contributed by atoms with Gasteiger partial charge >= 0.3 is 0 Å². The lowest BCUT2D eigenvalue weighted by molar-refractivity contribution is -0.0467. The summed E-state index contributed by atoms with van der Waals surface area (Å²) in [6.07, 6.45) is 0.601. The van der Waals surface area contributed by atoms with E-state index in [1.54, 1.807) is 24.4 Å². The van der Waals surface area contributed by atoms with Crippen molar-refractivity contribution in [1.29, 1.82) is 0 Å². The third kappa shape index (κ3) is 2.90. The van der Waals surface area contributed by atoms with E-state index in [2.05, 4.69) is 15.5 Å². The first-order valence-corrected chi connectivity index (χ1v) is 7.98. The third-order valence-corrected chi connectivity index (χ3v) is 4.09. The molecule has 3 heterocycles. The third-order valence-electron chi connectivity index (χ3n) is 4.09. The Bertz CT molecular complexity index is 913. The zero-order valence-electron chi connectivity index (χ0n) is 13.5. The highest BCUT2D eigenvalue weighted by molar-refractivity contribution is 5.89. The number of hydrogen-bond donors (Lipinski definition) is 2. The summed E-state index contributed by atoms with van der Waals surface area (Å²) < 4.78 is 44.1. The second-order valence-corrected chi connectivity index (χ2v) is 5.71. The van der Waals surface area contributed by atoms with Gasteiger partial charge in [-0.15, -0.1) is 0 Å². The number of aliphatic hydroxyl groups excluding tert-OH is 1. The number of benzene rings is 1. The molecule has 1 fully saturated rings. The molecule has 1 unspecified atom stereocenters. The molecular weight excluding hydrogens is 348 g/mol. The van der Waals surface area contributed by atoms with E-state index in [0.29, 0.717) is 18.9 Å². The molecule has 9 heteroatoms. The summed E-state index contributed by atoms with van der Waals surface area (Å²) in [4.78, 5) is 4.17. The molecule has 0 spiro atoms. The Labute approximate surface area is 146 Å². The molecule has 7 nitrogen and oxygen atoms in total. The van der Waals surface area contributed by atoms with Crippen LogP contribution in [0.3, 0.4) is 0 Å². The number of aliphatic hydroxyl groups is 1. The normalized spacial score (nSPS) is 16.3. The fourth-order valence-corrected chi connectivity index (χ4v) is 2.81. The number of nitrogens with zero attached hydrogens (tertiary/aromatic N) is 2. The number of nitrogens with one attached hydrogen (secondary N) is 1. The highest BCUT2D eigenvalue weighted by atomic mass is 19.2. The van der Waals surface area contributed by atoms with Crippen LogP contribution in [-0.4, -0.2) is 35.1 Å². The fraction of sp³-hybridized carbons (Fsp3) is 0.294. The van der Waals surface area contributed by atoms with E-state index in [-0.39, 0.29) is 29.0 Å². The average molecular weight is 363 g/mol. The minimum absolute atomic E-state index is 0.0721. The Balaban J connectivity index is 1.73. The van der Waals surface area contributed by atoms with Gasteiger partial charge in [0.1, 0.15) is 0 Å². The van der Waals surface area contributed by atoms with Gasteiger partial charge in [0.15, 0.2) is 17.9 Å². The van der Waals surface area contributed by atoms with Crippen LogP contribution in [-0.2, 0) is 9.47 Å². The predicted molar refractivity (Wildman–Crippen MR) is 86.3 cm³/mol. The van der Waals surface area contributed by atoms with Crippen LogP contribution in [0.1, 0.15) is 23.6 Å². The van der Waals surface area contributed by atoms with Crippen molar-refractivity contribution in [2.75, 3.05) is 25.1 Å². The lowest BCUT2D eigenvalue weighted by atomic mass is 10.1. The van der Waals surface area contributed by atoms with Crippen molar-refractivity contribution < 1.29 is 27.9 Å². The molecule has 1 aromatic carbocycles. The molecule has 3 aromatic rings. The molecule has 0 aliphatic carbocycles. The molecule has 1 aliphatic heterocycles. The van der Waals surface area contributed by atoms with E-state index < -0.39 is 24.0 Å². The largest absolute Gasteiger partial charge is 0.394 e. The zero-order chi connectivity index (χ0) is 18.1. The second-order valence-electron chi connectivity index (χ2n) is 5.71. The molecule has 0 radical (unpaired) electrons. The topological polar surface area (TPSA) is 89.6 Å². The molecule has 1 saturated heterocycles. The van der Waals surface area contributed by atoms with Gasteiger partial charge in [-0.05, 0) is 18.2 Å². The first kappa shape index (κ1) is 16.8. The Morgan fingerprint density at radius 1 is 1.23 bits per heavy atom. The lowest BCUT2D eigenvalue weighted by Gasteiger charge is -2.15. The van der Waals surface area contributed by atoms with Crippen LogP contribution in [0.15, 0.2) is 35.0 Å². The first-order valence-electron chi connectivity index (χ1n) is 7.98. The van der Waals surface area contributed by atoms with Crippen molar-refractivity contribution in [3.63, 3.8) is 0 Å². The van der Waals surface area contributed by atoms with Gasteiger partial charge in [0.05, 0.1) is 36.9 Å². The molecule has 0 amide bonds. The number of halogens is 2. The Kier molecular flexibility index (Phi) is 4.49. The number of rotatable bonds is 5. The Morgan fingerprint density at radius 2 is 2.04 bits per heavy atom. The average Bonchev–Trinajstić information content (AvgIpc) is 3.33. The van der Waals surface area contributed by atoms with Crippen molar-refractivity contribution >= 4 is 16.8 Å². The van der Waals surface area contributed by atoms with Crippen LogP contribution in [0.25, 0.3) is 11.0 Å². The maximum atomic E-state index is 14.4. The van der Waals surface area contributed by atoms with Gasteiger partial charge in [0.25, 0.3) is 0 Å². The molecule has 2 N–H and O–H groups in total. The molecule has 26 heavy (non-hydrogen) atoms. The summed E-state index contributed by atoms with van der Waals surface area (Å²) in [5.41, 5.74) is 0.165. The van der Waals surface area contributed by atoms with Gasteiger partial charge < -0.3 is 24.4 Å². The van der Waals surface area contributed by atoms with Gasteiger partial charge in [0.2, 0.25) is 11.4 Å². The van der Waals surface area contributed by atoms with E-state index in [0.717, 1.165) is 0 Å². The molecule has 0 bridgehead atoms. The molecule has 136 valence electrons. The monoisotopic (exact) mass is 363 g/mol. The molecule has 4 rings (SSSR count). The SMILES string of the molecule is OCC(Nc1noc2c(F)c(F)c(C3OCCO3)cc12)c1ccccn1. The number of pyridine rings is 1. The molecule has 1 atom stereocenters. The lowest BCUT2D eigenvalue weighted by Crippen LogP contribution is -2.16. The van der Waals surface area contributed by atoms with Gasteiger partial charge in [-0.1, -0.05) is 11.2 Å². The van der Waals surface area contributed by atoms with E-state index in [4.69, 9.17) is 14.0 Å². The van der Waals surface area contributed by atoms with Crippen LogP contribution >= 0.6 is 0 Å². The maximum Gasteiger partial charge on any atom is 0.207 e. The summed E-state index contributed by atoms with van der Waals surface area (Å²) in [6, 6.07) is 6.02. The molecule has 2 aromatic heterocycles. The maximum absolute atomic E-state index is 14.4. The number of fused-ring (bicyclic) bond motifs is 1. The number of aromatic nitrogens is 2. The van der Waals surface area contributed by atoms with Crippen LogP contribution < -0.4 is 5.32 Å². The smallest absolute Gasteiger partial charge is 0.207 e. The predicted octanol–water partition coefficient (Wildman–Crippen LogP) is 2.69. The minimum Gasteiger partial charge on any atom is -0.394 e. The summed E-state index contributed by atoms with van der Waals surface area (Å²) in [7, 11) is 0. The van der Waals surface area contributed by atoms with E-state index in [1.807, 2.05) is 0 Å². The summed E-state index contributed by atoms with van der Waals surface area (Å²) in [5, 5.41) is 16.6. The minimum atomic E-state index is -1.17. The van der Waals surface area contributed by atoms with Crippen molar-refractivity contribution in [3.8, 4) is 0 Å². The number of anilines is 1. The Hall–Kier alpha value is -2.62. The van der Waals surface area contributed by atoms with Gasteiger partial charge in [-0.2, -0.15) is 4.39 Å². The van der Waals surface area contributed by atoms with Gasteiger partial charge in [-0.25, -0.2) is 4.39 Å². The van der Waals surface area contributed by atoms with Crippen molar-refractivity contribution in [3.05, 3.63) is 53.4 Å². The van der Waals surface area contributed by atoms with E-state index >= 15 is 0 Å². The fourth-order valence-electron chi connectivity index (χ4n) is 2.81. The summed E-state index contributed by atoms with van der Waals surface area (Å²) in [6.45, 7) is 0.312. The van der Waals surface area contributed by atoms with Crippen LogP contribution in [0.5, 0.6) is 0 Å².